The smallest absolute Gasteiger partial charge is 0.376 e. The summed E-state index contributed by atoms with van der Waals surface area (Å²) in [5.41, 5.74) is 0. The third kappa shape index (κ3) is 8.74. The van der Waals surface area contributed by atoms with E-state index in [2.05, 4.69) is 15.3 Å². The van der Waals surface area contributed by atoms with E-state index in [1.54, 1.807) is 92.0 Å². The van der Waals surface area contributed by atoms with Crippen LogP contribution in [0.1, 0.15) is 25.7 Å². The second-order valence-corrected chi connectivity index (χ2v) is 16.1. The summed E-state index contributed by atoms with van der Waals surface area (Å²) in [6.45, 7) is 4.52. The second-order valence-electron chi connectivity index (χ2n) is 11.7. The van der Waals surface area contributed by atoms with Crippen molar-refractivity contribution in [1.82, 2.24) is 20.1 Å². The van der Waals surface area contributed by atoms with E-state index in [-0.39, 0.29) is 31.9 Å². The van der Waals surface area contributed by atoms with E-state index < -0.39 is 27.1 Å². The Morgan fingerprint density at radius 1 is 0.694 bits per heavy atom. The molecule has 4 heterocycles. The standard InChI is InChI=1S/C17H21BClN3O3S.C16H18ClN3O2S/c1-18(23)21-12-9-14(10-13-21)22(17-8-4-5-11-20-17)26(24,25)16-7-3-2-6-15(16)19;17-14-5-1-2-6-15(14)23(21,22)20(13-8-11-18-12-9-13)16-7-3-4-10-19-16/h2-8,11,14,23H,9-10,12-13H2,1H3;1-7,10,13,18H,8-9,11-12H2. The zero-order chi connectivity index (χ0) is 35.0. The first-order chi connectivity index (χ1) is 23.5. The van der Waals surface area contributed by atoms with Crippen molar-refractivity contribution in [3.8, 4) is 0 Å². The van der Waals surface area contributed by atoms with E-state index >= 15 is 0 Å². The van der Waals surface area contributed by atoms with Gasteiger partial charge >= 0.3 is 7.05 Å². The SMILES string of the molecule is CB(O)N1CCC(N(c2ccccn2)S(=O)(=O)c2ccccc2Cl)CC1.O=S(=O)(c1ccccc1Cl)N(c1ccccn1)C1CCNCC1. The number of benzene rings is 2. The monoisotopic (exact) mass is 744 g/mol. The number of sulfonamides is 2. The van der Waals surface area contributed by atoms with E-state index in [9.17, 15) is 21.9 Å². The number of rotatable bonds is 9. The van der Waals surface area contributed by atoms with Crippen LogP contribution >= 0.6 is 23.2 Å². The molecule has 2 aliphatic heterocycles. The van der Waals surface area contributed by atoms with Gasteiger partial charge in [0.15, 0.2) is 0 Å². The lowest BCUT2D eigenvalue weighted by molar-refractivity contribution is 0.290. The number of halogens is 2. The summed E-state index contributed by atoms with van der Waals surface area (Å²) < 4.78 is 56.1. The highest BCUT2D eigenvalue weighted by molar-refractivity contribution is 7.93. The number of aromatic nitrogens is 2. The highest BCUT2D eigenvalue weighted by Gasteiger charge is 2.37. The first kappa shape index (κ1) is 37.0. The summed E-state index contributed by atoms with van der Waals surface area (Å²) in [5, 5.41) is 13.4. The Bertz CT molecular complexity index is 1880. The van der Waals surface area contributed by atoms with Crippen LogP contribution < -0.4 is 13.9 Å². The Morgan fingerprint density at radius 2 is 1.10 bits per heavy atom. The molecule has 11 nitrogen and oxygen atoms in total. The lowest BCUT2D eigenvalue weighted by atomic mass is 9.82. The van der Waals surface area contributed by atoms with Crippen LogP contribution in [0, 0.1) is 0 Å². The van der Waals surface area contributed by atoms with Gasteiger partial charge in [-0.25, -0.2) is 35.4 Å². The predicted octanol–water partition coefficient (Wildman–Crippen LogP) is 5.19. The number of hydrogen-bond acceptors (Lipinski definition) is 9. The summed E-state index contributed by atoms with van der Waals surface area (Å²) in [7, 11) is -8.18. The molecule has 2 aromatic carbocycles. The lowest BCUT2D eigenvalue weighted by Crippen LogP contribution is -2.51. The molecule has 0 amide bonds. The van der Waals surface area contributed by atoms with Crippen molar-refractivity contribution in [2.24, 2.45) is 0 Å². The Balaban J connectivity index is 0.000000192. The normalized spacial score (nSPS) is 16.3. The maximum absolute atomic E-state index is 13.4. The van der Waals surface area contributed by atoms with Crippen molar-refractivity contribution in [1.29, 1.82) is 0 Å². The predicted molar refractivity (Wildman–Crippen MR) is 195 cm³/mol. The minimum absolute atomic E-state index is 0.0743. The topological polar surface area (TPSA) is 136 Å². The Morgan fingerprint density at radius 3 is 1.49 bits per heavy atom. The molecule has 0 bridgehead atoms. The van der Waals surface area contributed by atoms with Gasteiger partial charge in [-0.15, -0.1) is 0 Å². The number of piperidine rings is 2. The summed E-state index contributed by atoms with van der Waals surface area (Å²) in [6, 6.07) is 23.1. The van der Waals surface area contributed by atoms with E-state index in [1.807, 2.05) is 4.81 Å². The van der Waals surface area contributed by atoms with Crippen LogP contribution in [0.15, 0.2) is 107 Å². The maximum atomic E-state index is 13.4. The summed E-state index contributed by atoms with van der Waals surface area (Å²) in [5.74, 6) is 0.808. The van der Waals surface area contributed by atoms with Crippen LogP contribution in [-0.2, 0) is 20.0 Å². The van der Waals surface area contributed by atoms with Crippen LogP contribution in [0.2, 0.25) is 16.9 Å². The average molecular weight is 746 g/mol. The molecule has 2 N–H and O–H groups in total. The fourth-order valence-corrected chi connectivity index (χ4v) is 10.4. The molecule has 0 radical (unpaired) electrons. The number of nitrogens with one attached hydrogen (secondary N) is 1. The number of hydrogen-bond donors (Lipinski definition) is 2. The highest BCUT2D eigenvalue weighted by Crippen LogP contribution is 2.33. The minimum Gasteiger partial charge on any atom is -0.437 e. The number of nitrogens with zero attached hydrogens (tertiary/aromatic N) is 5. The molecule has 0 unspecified atom stereocenters. The van der Waals surface area contributed by atoms with Crippen molar-refractivity contribution in [2.45, 2.75) is 54.4 Å². The molecule has 260 valence electrons. The molecule has 6 rings (SSSR count). The highest BCUT2D eigenvalue weighted by atomic mass is 35.5. The average Bonchev–Trinajstić information content (AvgIpc) is 3.10. The quantitative estimate of drug-likeness (QED) is 0.222. The van der Waals surface area contributed by atoms with Gasteiger partial charge in [0.25, 0.3) is 20.0 Å². The molecule has 0 spiro atoms. The van der Waals surface area contributed by atoms with E-state index in [0.29, 0.717) is 37.6 Å². The van der Waals surface area contributed by atoms with Crippen molar-refractivity contribution < 1.29 is 21.9 Å². The van der Waals surface area contributed by atoms with Gasteiger partial charge in [-0.2, -0.15) is 0 Å². The molecular weight excluding hydrogens is 706 g/mol. The van der Waals surface area contributed by atoms with Crippen LogP contribution in [-0.4, -0.2) is 82.0 Å². The van der Waals surface area contributed by atoms with Crippen LogP contribution in [0.4, 0.5) is 11.6 Å². The molecule has 2 saturated heterocycles. The van der Waals surface area contributed by atoms with E-state index in [0.717, 1.165) is 25.9 Å². The van der Waals surface area contributed by atoms with Crippen LogP contribution in [0.5, 0.6) is 0 Å². The van der Waals surface area contributed by atoms with Crippen LogP contribution in [0.25, 0.3) is 0 Å². The fraction of sp³-hybridized carbons (Fsp3) is 0.333. The van der Waals surface area contributed by atoms with Crippen LogP contribution in [0.3, 0.4) is 0 Å². The number of anilines is 2. The Labute approximate surface area is 299 Å². The van der Waals surface area contributed by atoms with Gasteiger partial charge in [0.2, 0.25) is 0 Å². The number of pyridine rings is 2. The van der Waals surface area contributed by atoms with Gasteiger partial charge < -0.3 is 15.2 Å². The molecule has 49 heavy (non-hydrogen) atoms. The molecule has 2 aromatic heterocycles. The largest absolute Gasteiger partial charge is 0.437 e. The first-order valence-electron chi connectivity index (χ1n) is 16.0. The minimum atomic E-state index is -3.86. The summed E-state index contributed by atoms with van der Waals surface area (Å²) in [6.07, 6.45) is 5.86. The van der Waals surface area contributed by atoms with Gasteiger partial charge in [0.1, 0.15) is 21.4 Å². The fourth-order valence-electron chi connectivity index (χ4n) is 6.04. The lowest BCUT2D eigenvalue weighted by Gasteiger charge is -2.38. The van der Waals surface area contributed by atoms with Crippen molar-refractivity contribution in [3.05, 3.63) is 107 Å². The van der Waals surface area contributed by atoms with Gasteiger partial charge in [0.05, 0.1) is 10.0 Å². The van der Waals surface area contributed by atoms with E-state index in [1.165, 1.54) is 20.7 Å². The molecule has 4 aromatic rings. The van der Waals surface area contributed by atoms with Gasteiger partial charge in [0, 0.05) is 24.5 Å². The van der Waals surface area contributed by atoms with Crippen molar-refractivity contribution in [2.75, 3.05) is 34.8 Å². The first-order valence-corrected chi connectivity index (χ1v) is 19.7. The third-order valence-corrected chi connectivity index (χ3v) is 13.2. The van der Waals surface area contributed by atoms with Gasteiger partial charge in [-0.3, -0.25) is 0 Å². The van der Waals surface area contributed by atoms with Crippen molar-refractivity contribution >= 4 is 61.9 Å². The van der Waals surface area contributed by atoms with Gasteiger partial charge in [-0.05, 0) is 107 Å². The Hall–Kier alpha value is -3.24. The summed E-state index contributed by atoms with van der Waals surface area (Å²) in [4.78, 5) is 10.6. The second kappa shape index (κ2) is 16.6. The summed E-state index contributed by atoms with van der Waals surface area (Å²) >= 11 is 12.3. The van der Waals surface area contributed by atoms with Gasteiger partial charge in [-0.1, -0.05) is 59.6 Å². The molecule has 0 aliphatic carbocycles. The zero-order valence-corrected chi connectivity index (χ0v) is 30.2. The molecule has 0 saturated carbocycles. The zero-order valence-electron chi connectivity index (χ0n) is 27.0. The molecule has 2 aliphatic rings. The maximum Gasteiger partial charge on any atom is 0.376 e. The Kier molecular flexibility index (Phi) is 12.6. The van der Waals surface area contributed by atoms with E-state index in [4.69, 9.17) is 23.2 Å². The third-order valence-electron chi connectivity index (χ3n) is 8.50. The molecular formula is C33H39BCl2N6O5S2. The molecule has 16 heteroatoms. The van der Waals surface area contributed by atoms with Crippen molar-refractivity contribution in [3.63, 3.8) is 0 Å². The molecule has 2 fully saturated rings. The molecule has 0 atom stereocenters.